The van der Waals surface area contributed by atoms with E-state index in [4.69, 9.17) is 19.3 Å². The van der Waals surface area contributed by atoms with Gasteiger partial charge in [0.2, 0.25) is 10.0 Å². The van der Waals surface area contributed by atoms with Gasteiger partial charge in [0.05, 0.1) is 48.2 Å². The summed E-state index contributed by atoms with van der Waals surface area (Å²) in [5, 5.41) is 12.2. The van der Waals surface area contributed by atoms with E-state index in [9.17, 15) is 21.6 Å². The van der Waals surface area contributed by atoms with Gasteiger partial charge in [0.25, 0.3) is 0 Å². The topological polar surface area (TPSA) is 117 Å². The lowest BCUT2D eigenvalue weighted by molar-refractivity contribution is -0.140. The smallest absolute Gasteiger partial charge is 0.406 e. The Morgan fingerprint density at radius 1 is 1.10 bits per heavy atom. The number of hydrogen-bond donors (Lipinski definition) is 3. The number of methoxy groups -OCH3 is 2. The lowest BCUT2D eigenvalue weighted by Gasteiger charge is -2.25. The summed E-state index contributed by atoms with van der Waals surface area (Å²) in [5.74, 6) is 6.44. The monoisotopic (exact) mass is 566 g/mol. The van der Waals surface area contributed by atoms with Crippen LogP contribution in [0.5, 0.6) is 11.5 Å². The number of nitrogens with one attached hydrogen (secondary N) is 2. The second kappa shape index (κ2) is 11.6. The molecule has 1 fully saturated rings. The first-order valence-electron chi connectivity index (χ1n) is 12.0. The van der Waals surface area contributed by atoms with Gasteiger partial charge in [-0.1, -0.05) is 5.92 Å². The Bertz CT molecular complexity index is 1500. The molecule has 0 amide bonds. The van der Waals surface area contributed by atoms with Gasteiger partial charge < -0.3 is 29.4 Å². The molecule has 0 radical (unpaired) electrons. The minimum atomic E-state index is -4.46. The molecular weight excluding hydrogens is 537 g/mol. The SMILES string of the molecule is COc1cc(S(N)(=O)=O)ccc1NCC#Cc1cc2c(NC3CCOCC3)c(OC)ccc2n1CC(F)(F)F. The summed E-state index contributed by atoms with van der Waals surface area (Å²) in [6.45, 7) is 0.0452. The van der Waals surface area contributed by atoms with Gasteiger partial charge in [-0.2, -0.15) is 13.2 Å². The van der Waals surface area contributed by atoms with Crippen LogP contribution >= 0.6 is 0 Å². The first-order valence-corrected chi connectivity index (χ1v) is 13.6. The van der Waals surface area contributed by atoms with Gasteiger partial charge in [0.1, 0.15) is 18.0 Å². The summed E-state index contributed by atoms with van der Waals surface area (Å²) in [6.07, 6.45) is -2.93. The van der Waals surface area contributed by atoms with E-state index in [2.05, 4.69) is 22.5 Å². The Balaban J connectivity index is 1.66. The van der Waals surface area contributed by atoms with Crippen LogP contribution in [0.4, 0.5) is 24.5 Å². The molecule has 0 aliphatic carbocycles. The lowest BCUT2D eigenvalue weighted by Crippen LogP contribution is -2.28. The van der Waals surface area contributed by atoms with Crippen molar-refractivity contribution in [1.29, 1.82) is 0 Å². The molecule has 2 aromatic carbocycles. The number of benzene rings is 2. The number of halogens is 3. The zero-order valence-electron chi connectivity index (χ0n) is 21.4. The highest BCUT2D eigenvalue weighted by atomic mass is 32.2. The molecule has 0 spiro atoms. The molecule has 0 bridgehead atoms. The fourth-order valence-corrected chi connectivity index (χ4v) is 4.93. The molecule has 0 atom stereocenters. The van der Waals surface area contributed by atoms with Crippen molar-refractivity contribution in [3.63, 3.8) is 0 Å². The zero-order valence-corrected chi connectivity index (χ0v) is 22.2. The molecule has 1 aromatic heterocycles. The Kier molecular flexibility index (Phi) is 8.48. The van der Waals surface area contributed by atoms with Crippen molar-refractivity contribution in [2.75, 3.05) is 44.6 Å². The van der Waals surface area contributed by atoms with E-state index in [1.54, 1.807) is 18.2 Å². The zero-order chi connectivity index (χ0) is 28.2. The largest absolute Gasteiger partial charge is 0.495 e. The van der Waals surface area contributed by atoms with E-state index in [-0.39, 0.29) is 28.9 Å². The van der Waals surface area contributed by atoms with E-state index in [1.165, 1.54) is 32.4 Å². The molecule has 4 N–H and O–H groups in total. The number of rotatable bonds is 8. The highest BCUT2D eigenvalue weighted by Crippen LogP contribution is 2.37. The summed E-state index contributed by atoms with van der Waals surface area (Å²) in [4.78, 5) is -0.117. The number of ether oxygens (including phenoxy) is 3. The third-order valence-electron chi connectivity index (χ3n) is 6.26. The molecule has 9 nitrogen and oxygen atoms in total. The molecule has 2 heterocycles. The van der Waals surface area contributed by atoms with E-state index < -0.39 is 22.7 Å². The summed E-state index contributed by atoms with van der Waals surface area (Å²) < 4.78 is 81.1. The van der Waals surface area contributed by atoms with Gasteiger partial charge in [0, 0.05) is 30.7 Å². The normalized spacial score (nSPS) is 14.5. The Labute approximate surface area is 224 Å². The average Bonchev–Trinajstić information content (AvgIpc) is 3.22. The van der Waals surface area contributed by atoms with Crippen LogP contribution in [0.15, 0.2) is 41.3 Å². The number of aromatic nitrogens is 1. The molecule has 39 heavy (non-hydrogen) atoms. The summed E-state index contributed by atoms with van der Waals surface area (Å²) in [7, 11) is -1.03. The van der Waals surface area contributed by atoms with Crippen molar-refractivity contribution < 1.29 is 35.8 Å². The number of hydrogen-bond acceptors (Lipinski definition) is 7. The number of alkyl halides is 3. The summed E-state index contributed by atoms with van der Waals surface area (Å²) >= 11 is 0. The lowest BCUT2D eigenvalue weighted by atomic mass is 10.1. The van der Waals surface area contributed by atoms with Crippen LogP contribution in [-0.4, -0.2) is 59.2 Å². The fourth-order valence-electron chi connectivity index (χ4n) is 4.40. The van der Waals surface area contributed by atoms with E-state index in [0.29, 0.717) is 41.2 Å². The number of anilines is 2. The third kappa shape index (κ3) is 6.89. The highest BCUT2D eigenvalue weighted by Gasteiger charge is 2.30. The number of primary sulfonamides is 1. The molecular formula is C26H29F3N4O5S. The molecule has 210 valence electrons. The van der Waals surface area contributed by atoms with Gasteiger partial charge in [-0.3, -0.25) is 0 Å². The van der Waals surface area contributed by atoms with Crippen LogP contribution in [0.1, 0.15) is 18.5 Å². The van der Waals surface area contributed by atoms with Gasteiger partial charge in [0.15, 0.2) is 0 Å². The first-order chi connectivity index (χ1) is 18.5. The number of sulfonamides is 1. The highest BCUT2D eigenvalue weighted by molar-refractivity contribution is 7.89. The van der Waals surface area contributed by atoms with Crippen molar-refractivity contribution >= 4 is 32.3 Å². The van der Waals surface area contributed by atoms with Crippen LogP contribution < -0.4 is 25.2 Å². The fraction of sp³-hybridized carbons (Fsp3) is 0.385. The molecule has 3 aromatic rings. The van der Waals surface area contributed by atoms with Crippen LogP contribution in [0.3, 0.4) is 0 Å². The van der Waals surface area contributed by atoms with Crippen LogP contribution in [0, 0.1) is 11.8 Å². The van der Waals surface area contributed by atoms with Crippen molar-refractivity contribution in [2.24, 2.45) is 5.14 Å². The van der Waals surface area contributed by atoms with Crippen LogP contribution in [0.2, 0.25) is 0 Å². The molecule has 1 aliphatic heterocycles. The standard InChI is InChI=1S/C26H29F3N4O5S/c1-36-23-8-7-22-20(25(23)32-17-9-12-38-13-10-17)14-18(33(22)16-26(27,28)29)4-3-11-31-21-6-5-19(39(30,34)35)15-24(21)37-2/h5-8,14-15,17,31-32H,9-13,16H2,1-2H3,(H2,30,34,35). The van der Waals surface area contributed by atoms with Crippen molar-refractivity contribution in [1.82, 2.24) is 4.57 Å². The molecule has 13 heteroatoms. The van der Waals surface area contributed by atoms with Crippen LogP contribution in [-0.2, 0) is 21.3 Å². The minimum Gasteiger partial charge on any atom is -0.495 e. The van der Waals surface area contributed by atoms with Gasteiger partial charge in [-0.15, -0.1) is 0 Å². The van der Waals surface area contributed by atoms with Crippen molar-refractivity contribution in [2.45, 2.75) is 36.5 Å². The predicted molar refractivity (Wildman–Crippen MR) is 142 cm³/mol. The third-order valence-corrected chi connectivity index (χ3v) is 7.17. The van der Waals surface area contributed by atoms with Gasteiger partial charge >= 0.3 is 6.18 Å². The summed E-state index contributed by atoms with van der Waals surface area (Å²) in [5.41, 5.74) is 1.62. The first kappa shape index (κ1) is 28.4. The predicted octanol–water partition coefficient (Wildman–Crippen LogP) is 3.92. The Morgan fingerprint density at radius 2 is 1.82 bits per heavy atom. The molecule has 0 unspecified atom stereocenters. The van der Waals surface area contributed by atoms with Gasteiger partial charge in [-0.05, 0) is 49.1 Å². The number of nitrogens with zero attached hydrogens (tertiary/aromatic N) is 1. The van der Waals surface area contributed by atoms with Crippen molar-refractivity contribution in [3.05, 3.63) is 42.1 Å². The molecule has 1 saturated heterocycles. The van der Waals surface area contributed by atoms with E-state index in [1.807, 2.05) is 0 Å². The maximum Gasteiger partial charge on any atom is 0.406 e. The summed E-state index contributed by atoms with van der Waals surface area (Å²) in [6, 6.07) is 9.02. The second-order valence-electron chi connectivity index (χ2n) is 8.90. The van der Waals surface area contributed by atoms with Gasteiger partial charge in [-0.25, -0.2) is 13.6 Å². The molecule has 0 saturated carbocycles. The number of fused-ring (bicyclic) bond motifs is 1. The minimum absolute atomic E-state index is 0.0507. The molecule has 4 rings (SSSR count). The molecule has 1 aliphatic rings. The van der Waals surface area contributed by atoms with Crippen molar-refractivity contribution in [3.8, 4) is 23.3 Å². The van der Waals surface area contributed by atoms with E-state index in [0.717, 1.165) is 17.4 Å². The Morgan fingerprint density at radius 3 is 2.46 bits per heavy atom. The van der Waals surface area contributed by atoms with Crippen LogP contribution in [0.25, 0.3) is 10.9 Å². The van der Waals surface area contributed by atoms with E-state index >= 15 is 0 Å². The number of nitrogens with two attached hydrogens (primary N) is 1. The second-order valence-corrected chi connectivity index (χ2v) is 10.5. The maximum absolute atomic E-state index is 13.6. The average molecular weight is 567 g/mol. The maximum atomic E-state index is 13.6. The quantitative estimate of drug-likeness (QED) is 0.354. The Hall–Kier alpha value is -3.60.